The topological polar surface area (TPSA) is 50.5 Å². The van der Waals surface area contributed by atoms with Gasteiger partial charge in [-0.3, -0.25) is 9.59 Å². The predicted molar refractivity (Wildman–Crippen MR) is 117 cm³/mol. The van der Waals surface area contributed by atoms with Gasteiger partial charge in [-0.1, -0.05) is 42.5 Å². The van der Waals surface area contributed by atoms with Crippen LogP contribution >= 0.6 is 11.3 Å². The number of amides is 1. The summed E-state index contributed by atoms with van der Waals surface area (Å²) in [6.07, 6.45) is 0.244. The number of benzene rings is 3. The molecule has 4 rings (SSSR count). The Bertz CT molecular complexity index is 1220. The second-order valence-corrected chi connectivity index (χ2v) is 7.65. The Labute approximate surface area is 172 Å². The molecule has 0 spiro atoms. The van der Waals surface area contributed by atoms with Gasteiger partial charge in [0.1, 0.15) is 0 Å². The fraction of sp³-hybridized carbons (Fsp3) is 0.0417. The third-order valence-electron chi connectivity index (χ3n) is 4.51. The number of rotatable bonds is 5. The lowest BCUT2D eigenvalue weighted by molar-refractivity contribution is 0.0992. The van der Waals surface area contributed by atoms with Crippen molar-refractivity contribution in [1.29, 1.82) is 0 Å². The van der Waals surface area contributed by atoms with Crippen molar-refractivity contribution < 1.29 is 9.59 Å². The van der Waals surface area contributed by atoms with Gasteiger partial charge in [0.05, 0.1) is 11.4 Å². The van der Waals surface area contributed by atoms with E-state index in [0.717, 1.165) is 20.5 Å². The number of nitrogens with one attached hydrogen (secondary N) is 1. The molecule has 1 aromatic heterocycles. The zero-order chi connectivity index (χ0) is 20.2. The number of Topliss-reactive ketones (excluding diaryl/α,β-unsaturated/α-hetero) is 1. The summed E-state index contributed by atoms with van der Waals surface area (Å²) in [5.41, 5.74) is 2.42. The minimum atomic E-state index is -0.253. The minimum absolute atomic E-state index is 0.0403. The van der Waals surface area contributed by atoms with Gasteiger partial charge in [-0.2, -0.15) is 0 Å². The van der Waals surface area contributed by atoms with E-state index < -0.39 is 0 Å². The standard InChI is InChI=1S/C24H16N2O2S/c1-25-19-9-11-20(12-10-19)26-24(28)18-7-4-5-16(13-18)14-21(27)23-15-17-6-2-3-8-22(17)29-23/h2-13,15H,14H2,(H,26,28). The highest BCUT2D eigenvalue weighted by atomic mass is 32.1. The molecular weight excluding hydrogens is 380 g/mol. The van der Waals surface area contributed by atoms with E-state index in [1.54, 1.807) is 42.5 Å². The molecule has 0 saturated carbocycles. The van der Waals surface area contributed by atoms with Crippen LogP contribution in [0.15, 0.2) is 78.9 Å². The van der Waals surface area contributed by atoms with Crippen LogP contribution in [0.2, 0.25) is 0 Å². The van der Waals surface area contributed by atoms with E-state index in [0.29, 0.717) is 16.9 Å². The van der Waals surface area contributed by atoms with Gasteiger partial charge < -0.3 is 5.32 Å². The summed E-state index contributed by atoms with van der Waals surface area (Å²) in [5, 5.41) is 3.88. The normalized spacial score (nSPS) is 10.4. The van der Waals surface area contributed by atoms with Crippen LogP contribution in [0.4, 0.5) is 11.4 Å². The Morgan fingerprint density at radius 1 is 0.931 bits per heavy atom. The minimum Gasteiger partial charge on any atom is -0.322 e. The average Bonchev–Trinajstić information content (AvgIpc) is 3.19. The molecule has 1 heterocycles. The van der Waals surface area contributed by atoms with Crippen LogP contribution in [0.25, 0.3) is 14.9 Å². The summed E-state index contributed by atoms with van der Waals surface area (Å²) in [6, 6.07) is 23.6. The van der Waals surface area contributed by atoms with E-state index in [1.165, 1.54) is 11.3 Å². The van der Waals surface area contributed by atoms with Crippen molar-refractivity contribution in [2.24, 2.45) is 0 Å². The van der Waals surface area contributed by atoms with Gasteiger partial charge in [-0.25, -0.2) is 4.85 Å². The van der Waals surface area contributed by atoms with Gasteiger partial charge in [0, 0.05) is 22.4 Å². The van der Waals surface area contributed by atoms with Crippen molar-refractivity contribution >= 4 is 44.5 Å². The fourth-order valence-electron chi connectivity index (χ4n) is 3.04. The number of anilines is 1. The Hall–Kier alpha value is -3.75. The van der Waals surface area contributed by atoms with Crippen molar-refractivity contribution in [2.75, 3.05) is 5.32 Å². The lowest BCUT2D eigenvalue weighted by Gasteiger charge is -2.07. The number of hydrogen-bond donors (Lipinski definition) is 1. The molecule has 0 saturated heterocycles. The van der Waals surface area contributed by atoms with Gasteiger partial charge >= 0.3 is 0 Å². The summed E-state index contributed by atoms with van der Waals surface area (Å²) in [7, 11) is 0. The molecule has 4 nitrogen and oxygen atoms in total. The summed E-state index contributed by atoms with van der Waals surface area (Å²) in [5.74, 6) is -0.213. The maximum Gasteiger partial charge on any atom is 0.255 e. The maximum atomic E-state index is 12.7. The molecule has 0 bridgehead atoms. The molecule has 3 aromatic carbocycles. The maximum absolute atomic E-state index is 12.7. The number of thiophene rings is 1. The van der Waals surface area contributed by atoms with E-state index in [9.17, 15) is 9.59 Å². The highest BCUT2D eigenvalue weighted by molar-refractivity contribution is 7.20. The smallest absolute Gasteiger partial charge is 0.255 e. The van der Waals surface area contributed by atoms with Gasteiger partial charge in [0.2, 0.25) is 0 Å². The molecule has 0 radical (unpaired) electrons. The Kier molecular flexibility index (Phi) is 5.19. The van der Waals surface area contributed by atoms with Crippen LogP contribution in [0.3, 0.4) is 0 Å². The molecule has 0 aliphatic rings. The Morgan fingerprint density at radius 3 is 2.48 bits per heavy atom. The van der Waals surface area contributed by atoms with Gasteiger partial charge in [-0.05, 0) is 47.3 Å². The highest BCUT2D eigenvalue weighted by Crippen LogP contribution is 2.26. The van der Waals surface area contributed by atoms with E-state index >= 15 is 0 Å². The number of hydrogen-bond acceptors (Lipinski definition) is 3. The lowest BCUT2D eigenvalue weighted by atomic mass is 10.0. The number of nitrogens with zero attached hydrogens (tertiary/aromatic N) is 1. The molecule has 0 fully saturated rings. The van der Waals surface area contributed by atoms with Crippen LogP contribution in [0.5, 0.6) is 0 Å². The average molecular weight is 396 g/mol. The first-order chi connectivity index (χ1) is 14.1. The molecule has 1 N–H and O–H groups in total. The van der Waals surface area contributed by atoms with Crippen molar-refractivity contribution in [2.45, 2.75) is 6.42 Å². The van der Waals surface area contributed by atoms with Crippen LogP contribution in [-0.4, -0.2) is 11.7 Å². The Balaban J connectivity index is 1.48. The highest BCUT2D eigenvalue weighted by Gasteiger charge is 2.13. The molecular formula is C24H16N2O2S. The largest absolute Gasteiger partial charge is 0.322 e. The number of carbonyl (C=O) groups excluding carboxylic acids is 2. The zero-order valence-corrected chi connectivity index (χ0v) is 16.2. The van der Waals surface area contributed by atoms with E-state index in [1.807, 2.05) is 36.4 Å². The fourth-order valence-corrected chi connectivity index (χ4v) is 4.04. The summed E-state index contributed by atoms with van der Waals surface area (Å²) < 4.78 is 1.09. The molecule has 0 unspecified atom stereocenters. The van der Waals surface area contributed by atoms with Gasteiger partial charge in [-0.15, -0.1) is 11.3 Å². The SMILES string of the molecule is [C-]#[N+]c1ccc(NC(=O)c2cccc(CC(=O)c3cc4ccccc4s3)c2)cc1. The quantitative estimate of drug-likeness (QED) is 0.326. The third-order valence-corrected chi connectivity index (χ3v) is 5.67. The third kappa shape index (κ3) is 4.23. The lowest BCUT2D eigenvalue weighted by Crippen LogP contribution is -2.12. The van der Waals surface area contributed by atoms with Crippen LogP contribution in [-0.2, 0) is 6.42 Å². The van der Waals surface area contributed by atoms with E-state index in [-0.39, 0.29) is 18.1 Å². The predicted octanol–water partition coefficient (Wildman–Crippen LogP) is 6.13. The molecule has 140 valence electrons. The van der Waals surface area contributed by atoms with E-state index in [4.69, 9.17) is 6.57 Å². The summed E-state index contributed by atoms with van der Waals surface area (Å²) in [6.45, 7) is 6.97. The second-order valence-electron chi connectivity index (χ2n) is 6.56. The molecule has 0 aliphatic carbocycles. The first-order valence-electron chi connectivity index (χ1n) is 9.02. The van der Waals surface area contributed by atoms with Crippen molar-refractivity contribution in [3.05, 3.63) is 106 Å². The number of fused-ring (bicyclic) bond motifs is 1. The van der Waals surface area contributed by atoms with Gasteiger partial charge in [0.25, 0.3) is 5.91 Å². The molecule has 29 heavy (non-hydrogen) atoms. The van der Waals surface area contributed by atoms with Crippen molar-refractivity contribution in [3.63, 3.8) is 0 Å². The van der Waals surface area contributed by atoms with Crippen LogP contribution in [0.1, 0.15) is 25.6 Å². The molecule has 5 heteroatoms. The summed E-state index contributed by atoms with van der Waals surface area (Å²) in [4.78, 5) is 29.3. The molecule has 1 amide bonds. The molecule has 0 aliphatic heterocycles. The van der Waals surface area contributed by atoms with Gasteiger partial charge in [0.15, 0.2) is 11.5 Å². The monoisotopic (exact) mass is 396 g/mol. The van der Waals surface area contributed by atoms with Crippen molar-refractivity contribution in [1.82, 2.24) is 0 Å². The number of carbonyl (C=O) groups is 2. The first kappa shape index (κ1) is 18.6. The van der Waals surface area contributed by atoms with Crippen molar-refractivity contribution in [3.8, 4) is 0 Å². The molecule has 0 atom stereocenters. The first-order valence-corrected chi connectivity index (χ1v) is 9.83. The van der Waals surface area contributed by atoms with Crippen LogP contribution in [0, 0.1) is 6.57 Å². The number of ketones is 1. The second kappa shape index (κ2) is 8.09. The van der Waals surface area contributed by atoms with Crippen LogP contribution < -0.4 is 5.32 Å². The Morgan fingerprint density at radius 2 is 1.72 bits per heavy atom. The molecule has 4 aromatic rings. The van der Waals surface area contributed by atoms with E-state index in [2.05, 4.69) is 10.2 Å². The zero-order valence-electron chi connectivity index (χ0n) is 15.4. The summed E-state index contributed by atoms with van der Waals surface area (Å²) >= 11 is 1.49.